The molecule has 1 unspecified atom stereocenters. The van der Waals surface area contributed by atoms with E-state index in [1.54, 1.807) is 30.0 Å². The molecule has 0 fully saturated rings. The van der Waals surface area contributed by atoms with Gasteiger partial charge in [0.05, 0.1) is 0 Å². The molecule has 0 spiro atoms. The zero-order chi connectivity index (χ0) is 11.1. The van der Waals surface area contributed by atoms with E-state index < -0.39 is 0 Å². The van der Waals surface area contributed by atoms with E-state index in [1.807, 2.05) is 14.1 Å². The van der Waals surface area contributed by atoms with Crippen molar-refractivity contribution in [2.45, 2.75) is 13.2 Å². The Labute approximate surface area is 108 Å². The maximum atomic E-state index is 8.73. The fourth-order valence-corrected chi connectivity index (χ4v) is 0.558. The van der Waals surface area contributed by atoms with Gasteiger partial charge in [0.1, 0.15) is 10.9 Å². The Morgan fingerprint density at radius 3 is 2.07 bits per heavy atom. The van der Waals surface area contributed by atoms with Crippen molar-refractivity contribution in [1.29, 1.82) is 0 Å². The van der Waals surface area contributed by atoms with Crippen LogP contribution in [-0.4, -0.2) is 40.3 Å². The Morgan fingerprint density at radius 1 is 1.40 bits per heavy atom. The van der Waals surface area contributed by atoms with Crippen LogP contribution in [0.4, 0.5) is 0 Å². The predicted octanol–water partition coefficient (Wildman–Crippen LogP) is 1.34. The molecular weight excluding hydrogens is 266 g/mol. The molecule has 0 aliphatic carbocycles. The van der Waals surface area contributed by atoms with Crippen molar-refractivity contribution in [3.63, 3.8) is 0 Å². The van der Waals surface area contributed by atoms with Gasteiger partial charge in [-0.2, -0.15) is 4.73 Å². The van der Waals surface area contributed by atoms with Crippen LogP contribution in [0.1, 0.15) is 6.92 Å². The quantitative estimate of drug-likeness (QED) is 0.353. The smallest absolute Gasteiger partial charge is 0.142 e. The summed E-state index contributed by atoms with van der Waals surface area (Å²) in [4.78, 5) is 1.72. The summed E-state index contributed by atoms with van der Waals surface area (Å²) in [5.74, 6) is 0. The molecule has 0 amide bonds. The standard InChI is InChI=1S/C5H5NOS.C4H11NO.Zn/c7-6-4-2-1-3-5(6)8;1-4(6)5(2)3;/h1-4,7H;4,6H,1-3H3;. The van der Waals surface area contributed by atoms with Gasteiger partial charge in [-0.1, -0.05) is 18.3 Å². The van der Waals surface area contributed by atoms with Crippen LogP contribution in [0.5, 0.6) is 0 Å². The van der Waals surface area contributed by atoms with Crippen LogP contribution in [0.2, 0.25) is 0 Å². The third-order valence-corrected chi connectivity index (χ3v) is 1.87. The number of aliphatic hydroxyl groups is 1. The summed E-state index contributed by atoms with van der Waals surface area (Å²) in [5, 5.41) is 17.3. The van der Waals surface area contributed by atoms with Crippen LogP contribution in [0.15, 0.2) is 24.4 Å². The summed E-state index contributed by atoms with van der Waals surface area (Å²) in [5.41, 5.74) is 0. The first-order chi connectivity index (χ1) is 6.45. The summed E-state index contributed by atoms with van der Waals surface area (Å²) in [6.07, 6.45) is 1.17. The van der Waals surface area contributed by atoms with Gasteiger partial charge < -0.3 is 10.3 Å². The first-order valence-electron chi connectivity index (χ1n) is 4.16. The normalized spacial score (nSPS) is 11.0. The van der Waals surface area contributed by atoms with E-state index in [0.717, 1.165) is 4.73 Å². The first kappa shape index (κ1) is 17.1. The fourth-order valence-electron chi connectivity index (χ4n) is 0.419. The Hall–Kier alpha value is -0.287. The molecule has 0 saturated heterocycles. The maximum absolute atomic E-state index is 8.73. The van der Waals surface area contributed by atoms with E-state index in [2.05, 4.69) is 12.2 Å². The van der Waals surface area contributed by atoms with Gasteiger partial charge in [0.25, 0.3) is 0 Å². The molecule has 4 nitrogen and oxygen atoms in total. The third kappa shape index (κ3) is 8.69. The molecule has 1 rings (SSSR count). The molecule has 6 heteroatoms. The molecule has 2 N–H and O–H groups in total. The number of aliphatic hydroxyl groups excluding tert-OH is 1. The molecular formula is C9H16N2O2SZn. The molecule has 1 aromatic rings. The number of hydrogen-bond acceptors (Lipinski definition) is 4. The van der Waals surface area contributed by atoms with Crippen LogP contribution < -0.4 is 0 Å². The summed E-state index contributed by atoms with van der Waals surface area (Å²) in [6.45, 7) is 1.72. The molecule has 82 valence electrons. The number of hydrogen-bond donors (Lipinski definition) is 2. The van der Waals surface area contributed by atoms with Crippen molar-refractivity contribution in [3.05, 3.63) is 29.0 Å². The van der Waals surface area contributed by atoms with Gasteiger partial charge in [0.15, 0.2) is 0 Å². The van der Waals surface area contributed by atoms with E-state index in [0.29, 0.717) is 4.64 Å². The molecule has 15 heavy (non-hydrogen) atoms. The van der Waals surface area contributed by atoms with E-state index in [4.69, 9.17) is 10.3 Å². The van der Waals surface area contributed by atoms with E-state index in [9.17, 15) is 0 Å². The van der Waals surface area contributed by atoms with Crippen molar-refractivity contribution in [2.24, 2.45) is 0 Å². The van der Waals surface area contributed by atoms with Gasteiger partial charge in [0, 0.05) is 25.7 Å². The summed E-state index contributed by atoms with van der Waals surface area (Å²) < 4.78 is 1.32. The van der Waals surface area contributed by atoms with Gasteiger partial charge in [-0.05, 0) is 33.2 Å². The Kier molecular flexibility index (Phi) is 10.2. The molecule has 1 aromatic heterocycles. The van der Waals surface area contributed by atoms with Crippen LogP contribution >= 0.6 is 12.2 Å². The molecule has 0 bridgehead atoms. The number of pyridine rings is 1. The predicted molar refractivity (Wildman–Crippen MR) is 57.8 cm³/mol. The second kappa shape index (κ2) is 8.98. The minimum absolute atomic E-state index is 0. The zero-order valence-corrected chi connectivity index (χ0v) is 13.1. The fraction of sp³-hybridized carbons (Fsp3) is 0.444. The Bertz CT molecular complexity index is 309. The van der Waals surface area contributed by atoms with Gasteiger partial charge in [-0.25, -0.2) is 0 Å². The van der Waals surface area contributed by atoms with E-state index in [-0.39, 0.29) is 25.7 Å². The third-order valence-electron chi connectivity index (χ3n) is 1.55. The Morgan fingerprint density at radius 2 is 1.87 bits per heavy atom. The number of nitrogens with zero attached hydrogens (tertiary/aromatic N) is 2. The van der Waals surface area contributed by atoms with Crippen molar-refractivity contribution in [2.75, 3.05) is 14.1 Å². The van der Waals surface area contributed by atoms with Crippen LogP contribution in [-0.2, 0) is 19.5 Å². The monoisotopic (exact) mass is 280 g/mol. The zero-order valence-electron chi connectivity index (χ0n) is 9.29. The van der Waals surface area contributed by atoms with Gasteiger partial charge in [-0.3, -0.25) is 4.90 Å². The minimum atomic E-state index is -0.315. The van der Waals surface area contributed by atoms with Crippen LogP contribution in [0, 0.1) is 4.64 Å². The number of aromatic nitrogens is 1. The Balaban J connectivity index is 0. The van der Waals surface area contributed by atoms with Crippen molar-refractivity contribution in [3.8, 4) is 0 Å². The average Bonchev–Trinajstić information content (AvgIpc) is 2.11. The summed E-state index contributed by atoms with van der Waals surface area (Å²) in [6, 6.07) is 5.13. The molecule has 0 aliphatic rings. The SMILES string of the molecule is CC(O)N(C)C.On1ccccc1=S.[Zn]. The topological polar surface area (TPSA) is 48.6 Å². The van der Waals surface area contributed by atoms with Gasteiger partial charge in [0.2, 0.25) is 0 Å². The van der Waals surface area contributed by atoms with Crippen molar-refractivity contribution < 1.29 is 29.8 Å². The van der Waals surface area contributed by atoms with Crippen molar-refractivity contribution in [1.82, 2.24) is 9.63 Å². The molecule has 0 radical (unpaired) electrons. The molecule has 1 atom stereocenters. The van der Waals surface area contributed by atoms with Crippen molar-refractivity contribution >= 4 is 12.2 Å². The molecule has 0 saturated carbocycles. The average molecular weight is 282 g/mol. The van der Waals surface area contributed by atoms with Gasteiger partial charge in [-0.15, -0.1) is 0 Å². The number of rotatable bonds is 1. The largest absolute Gasteiger partial charge is 0.428 e. The maximum Gasteiger partial charge on any atom is 0.142 e. The van der Waals surface area contributed by atoms with Crippen LogP contribution in [0.3, 0.4) is 0 Å². The molecule has 0 aliphatic heterocycles. The second-order valence-corrected chi connectivity index (χ2v) is 3.40. The summed E-state index contributed by atoms with van der Waals surface area (Å²) >= 11 is 4.67. The van der Waals surface area contributed by atoms with E-state index in [1.165, 1.54) is 6.20 Å². The summed E-state index contributed by atoms with van der Waals surface area (Å²) in [7, 11) is 3.65. The van der Waals surface area contributed by atoms with E-state index >= 15 is 0 Å². The minimum Gasteiger partial charge on any atom is -0.428 e. The molecule has 0 aromatic carbocycles. The van der Waals surface area contributed by atoms with Gasteiger partial charge >= 0.3 is 0 Å². The first-order valence-corrected chi connectivity index (χ1v) is 4.57. The van der Waals surface area contributed by atoms with Crippen LogP contribution in [0.25, 0.3) is 0 Å². The second-order valence-electron chi connectivity index (χ2n) is 2.98. The molecule has 1 heterocycles.